The Balaban J connectivity index is 2.13. The van der Waals surface area contributed by atoms with Crippen molar-refractivity contribution < 1.29 is 4.39 Å². The summed E-state index contributed by atoms with van der Waals surface area (Å²) in [7, 11) is 0. The summed E-state index contributed by atoms with van der Waals surface area (Å²) in [5.41, 5.74) is 1.02. The number of benzene rings is 2. The van der Waals surface area contributed by atoms with Crippen LogP contribution >= 0.6 is 27.5 Å². The fourth-order valence-corrected chi connectivity index (χ4v) is 2.40. The Morgan fingerprint density at radius 2 is 1.90 bits per heavy atom. The van der Waals surface area contributed by atoms with E-state index in [4.69, 9.17) is 11.6 Å². The Labute approximate surface area is 127 Å². The standard InChI is InChI=1S/C14H8BrClFN3/c15-8-5-6-10(17)12(7-8)18-13-9-3-1-2-4-11(9)19-14(16)20-13/h1-7H,(H,18,19,20). The molecule has 0 saturated heterocycles. The van der Waals surface area contributed by atoms with E-state index in [2.05, 4.69) is 31.2 Å². The summed E-state index contributed by atoms with van der Waals surface area (Å²) < 4.78 is 14.6. The number of nitrogens with one attached hydrogen (secondary N) is 1. The van der Waals surface area contributed by atoms with E-state index in [-0.39, 0.29) is 11.1 Å². The molecule has 100 valence electrons. The van der Waals surface area contributed by atoms with Gasteiger partial charge < -0.3 is 5.32 Å². The molecule has 0 bridgehead atoms. The third kappa shape index (κ3) is 2.59. The van der Waals surface area contributed by atoms with E-state index in [1.54, 1.807) is 12.1 Å². The third-order valence-electron chi connectivity index (χ3n) is 2.76. The number of hydrogen-bond donors (Lipinski definition) is 1. The van der Waals surface area contributed by atoms with Crippen LogP contribution in [0.3, 0.4) is 0 Å². The molecular formula is C14H8BrClFN3. The van der Waals surface area contributed by atoms with E-state index in [0.29, 0.717) is 17.0 Å². The van der Waals surface area contributed by atoms with Gasteiger partial charge in [0.15, 0.2) is 0 Å². The largest absolute Gasteiger partial charge is 0.337 e. The Kier molecular flexibility index (Phi) is 3.54. The summed E-state index contributed by atoms with van der Waals surface area (Å²) in [5, 5.41) is 3.84. The molecule has 3 nitrogen and oxygen atoms in total. The predicted octanol–water partition coefficient (Wildman–Crippen LogP) is 4.93. The minimum atomic E-state index is -0.369. The van der Waals surface area contributed by atoms with Crippen LogP contribution in [0, 0.1) is 5.82 Å². The molecule has 0 unspecified atom stereocenters. The lowest BCUT2D eigenvalue weighted by molar-refractivity contribution is 0.631. The normalized spacial score (nSPS) is 10.8. The zero-order valence-corrected chi connectivity index (χ0v) is 12.4. The first-order chi connectivity index (χ1) is 9.63. The maximum Gasteiger partial charge on any atom is 0.224 e. The Morgan fingerprint density at radius 3 is 2.75 bits per heavy atom. The lowest BCUT2D eigenvalue weighted by Crippen LogP contribution is -1.99. The quantitative estimate of drug-likeness (QED) is 0.665. The maximum atomic E-state index is 13.8. The lowest BCUT2D eigenvalue weighted by Gasteiger charge is -2.10. The first-order valence-corrected chi connectivity index (χ1v) is 6.95. The fourth-order valence-electron chi connectivity index (χ4n) is 1.86. The van der Waals surface area contributed by atoms with Crippen LogP contribution in [-0.4, -0.2) is 9.97 Å². The summed E-state index contributed by atoms with van der Waals surface area (Å²) in [6.07, 6.45) is 0. The molecule has 3 aromatic rings. The molecule has 0 amide bonds. The second-order valence-corrected chi connectivity index (χ2v) is 5.36. The maximum absolute atomic E-state index is 13.8. The fraction of sp³-hybridized carbons (Fsp3) is 0. The smallest absolute Gasteiger partial charge is 0.224 e. The SMILES string of the molecule is Fc1ccc(Br)cc1Nc1nc(Cl)nc2ccccc12. The van der Waals surface area contributed by atoms with Gasteiger partial charge in [0.2, 0.25) is 5.28 Å². The number of halogens is 3. The minimum absolute atomic E-state index is 0.113. The molecule has 0 fully saturated rings. The number of rotatable bonds is 2. The Bertz CT molecular complexity index is 794. The van der Waals surface area contributed by atoms with E-state index in [0.717, 1.165) is 9.86 Å². The zero-order valence-electron chi connectivity index (χ0n) is 10.1. The van der Waals surface area contributed by atoms with Gasteiger partial charge in [0.25, 0.3) is 0 Å². The molecule has 1 N–H and O–H groups in total. The van der Waals surface area contributed by atoms with Gasteiger partial charge in [-0.1, -0.05) is 28.1 Å². The number of aromatic nitrogens is 2. The molecule has 0 aliphatic rings. The van der Waals surface area contributed by atoms with E-state index >= 15 is 0 Å². The molecule has 0 saturated carbocycles. The number of anilines is 2. The number of hydrogen-bond acceptors (Lipinski definition) is 3. The van der Waals surface area contributed by atoms with E-state index in [1.165, 1.54) is 6.07 Å². The van der Waals surface area contributed by atoms with Gasteiger partial charge in [-0.3, -0.25) is 0 Å². The van der Waals surface area contributed by atoms with Crippen LogP contribution in [0.25, 0.3) is 10.9 Å². The van der Waals surface area contributed by atoms with Crippen molar-refractivity contribution >= 4 is 49.9 Å². The molecule has 0 radical (unpaired) electrons. The van der Waals surface area contributed by atoms with Crippen molar-refractivity contribution in [2.75, 3.05) is 5.32 Å². The second-order valence-electron chi connectivity index (χ2n) is 4.11. The van der Waals surface area contributed by atoms with Gasteiger partial charge in [0.1, 0.15) is 11.6 Å². The molecule has 0 aliphatic carbocycles. The highest BCUT2D eigenvalue weighted by atomic mass is 79.9. The van der Waals surface area contributed by atoms with Gasteiger partial charge in [-0.05, 0) is 41.9 Å². The highest BCUT2D eigenvalue weighted by Crippen LogP contribution is 2.28. The summed E-state index contributed by atoms with van der Waals surface area (Å²) in [6.45, 7) is 0. The number of fused-ring (bicyclic) bond motifs is 1. The molecule has 20 heavy (non-hydrogen) atoms. The molecular weight excluding hydrogens is 345 g/mol. The van der Waals surface area contributed by atoms with Crippen molar-refractivity contribution in [3.8, 4) is 0 Å². The summed E-state index contributed by atoms with van der Waals surface area (Å²) >= 11 is 9.20. The monoisotopic (exact) mass is 351 g/mol. The van der Waals surface area contributed by atoms with Crippen LogP contribution in [0.2, 0.25) is 5.28 Å². The van der Waals surface area contributed by atoms with Crippen LogP contribution in [0.4, 0.5) is 15.9 Å². The molecule has 2 aromatic carbocycles. The third-order valence-corrected chi connectivity index (χ3v) is 3.42. The first kappa shape index (κ1) is 13.3. The van der Waals surface area contributed by atoms with Crippen molar-refractivity contribution in [1.82, 2.24) is 9.97 Å². The van der Waals surface area contributed by atoms with Gasteiger partial charge in [-0.15, -0.1) is 0 Å². The molecule has 0 spiro atoms. The molecule has 1 heterocycles. The average Bonchev–Trinajstić information content (AvgIpc) is 2.43. The van der Waals surface area contributed by atoms with Crippen LogP contribution in [-0.2, 0) is 0 Å². The molecule has 0 atom stereocenters. The number of nitrogens with zero attached hydrogens (tertiary/aromatic N) is 2. The van der Waals surface area contributed by atoms with E-state index in [9.17, 15) is 4.39 Å². The van der Waals surface area contributed by atoms with Gasteiger partial charge in [0.05, 0.1) is 11.2 Å². The summed E-state index contributed by atoms with van der Waals surface area (Å²) in [4.78, 5) is 8.26. The van der Waals surface area contributed by atoms with Crippen molar-refractivity contribution in [1.29, 1.82) is 0 Å². The molecule has 1 aromatic heterocycles. The van der Waals surface area contributed by atoms with Crippen molar-refractivity contribution in [3.05, 3.63) is 58.0 Å². The van der Waals surface area contributed by atoms with Crippen LogP contribution < -0.4 is 5.32 Å². The van der Waals surface area contributed by atoms with Gasteiger partial charge in [-0.25, -0.2) is 9.37 Å². The summed E-state index contributed by atoms with van der Waals surface area (Å²) in [6, 6.07) is 12.0. The lowest BCUT2D eigenvalue weighted by atomic mass is 10.2. The van der Waals surface area contributed by atoms with Gasteiger partial charge >= 0.3 is 0 Å². The topological polar surface area (TPSA) is 37.8 Å². The Hall–Kier alpha value is -1.72. The van der Waals surface area contributed by atoms with Crippen molar-refractivity contribution in [2.24, 2.45) is 0 Å². The predicted molar refractivity (Wildman–Crippen MR) is 81.9 cm³/mol. The number of para-hydroxylation sites is 1. The molecule has 6 heteroatoms. The van der Waals surface area contributed by atoms with E-state index < -0.39 is 0 Å². The Morgan fingerprint density at radius 1 is 1.10 bits per heavy atom. The van der Waals surface area contributed by atoms with Crippen LogP contribution in [0.1, 0.15) is 0 Å². The average molecular weight is 353 g/mol. The molecule has 0 aliphatic heterocycles. The van der Waals surface area contributed by atoms with Crippen molar-refractivity contribution in [3.63, 3.8) is 0 Å². The highest BCUT2D eigenvalue weighted by Gasteiger charge is 2.09. The van der Waals surface area contributed by atoms with E-state index in [1.807, 2.05) is 24.3 Å². The van der Waals surface area contributed by atoms with Crippen LogP contribution in [0.5, 0.6) is 0 Å². The van der Waals surface area contributed by atoms with Crippen LogP contribution in [0.15, 0.2) is 46.9 Å². The van der Waals surface area contributed by atoms with Gasteiger partial charge in [-0.2, -0.15) is 4.98 Å². The zero-order chi connectivity index (χ0) is 14.1. The summed E-state index contributed by atoms with van der Waals surface area (Å²) in [5.74, 6) is 0.101. The van der Waals surface area contributed by atoms with Gasteiger partial charge in [0, 0.05) is 9.86 Å². The molecule has 3 rings (SSSR count). The second kappa shape index (κ2) is 5.34. The first-order valence-electron chi connectivity index (χ1n) is 5.78. The minimum Gasteiger partial charge on any atom is -0.337 e. The highest BCUT2D eigenvalue weighted by molar-refractivity contribution is 9.10. The van der Waals surface area contributed by atoms with Crippen molar-refractivity contribution in [2.45, 2.75) is 0 Å².